The molecule has 2 N–H and O–H groups in total. The molecule has 0 radical (unpaired) electrons. The summed E-state index contributed by atoms with van der Waals surface area (Å²) < 4.78 is 0. The second kappa shape index (κ2) is 11.8. The second-order valence-corrected chi connectivity index (χ2v) is 4.39. The maximum absolute atomic E-state index is 5.56. The van der Waals surface area contributed by atoms with Crippen molar-refractivity contribution in [1.82, 2.24) is 9.80 Å². The van der Waals surface area contributed by atoms with Crippen LogP contribution in [0.1, 0.15) is 5.56 Å². The lowest BCUT2D eigenvalue weighted by atomic mass is 10.2. The van der Waals surface area contributed by atoms with Gasteiger partial charge in [-0.25, -0.2) is 0 Å². The Morgan fingerprint density at radius 2 is 1.37 bits per heavy atom. The summed E-state index contributed by atoms with van der Waals surface area (Å²) in [4.78, 5) is 4.96. The third-order valence-electron chi connectivity index (χ3n) is 3.16. The summed E-state index contributed by atoms with van der Waals surface area (Å²) in [5.41, 5.74) is 6.97. The van der Waals surface area contributed by atoms with Gasteiger partial charge in [0.25, 0.3) is 0 Å². The quantitative estimate of drug-likeness (QED) is 0.918. The fraction of sp³-hybridized carbons (Fsp3) is 0.538. The number of hydrogen-bond acceptors (Lipinski definition) is 3. The Labute approximate surface area is 134 Å². The molecule has 19 heavy (non-hydrogen) atoms. The van der Waals surface area contributed by atoms with Gasteiger partial charge in [-0.05, 0) is 5.56 Å². The molecule has 6 heteroatoms. The van der Waals surface area contributed by atoms with Crippen LogP contribution in [0.15, 0.2) is 30.3 Å². The number of halogens is 3. The van der Waals surface area contributed by atoms with Gasteiger partial charge in [-0.1, -0.05) is 30.3 Å². The fourth-order valence-electron chi connectivity index (χ4n) is 2.20. The van der Waals surface area contributed by atoms with Crippen LogP contribution in [-0.2, 0) is 6.54 Å². The minimum atomic E-state index is 0. The zero-order chi connectivity index (χ0) is 11.2. The van der Waals surface area contributed by atoms with Crippen LogP contribution in [-0.4, -0.2) is 49.1 Å². The molecule has 0 aromatic heterocycles. The highest BCUT2D eigenvalue weighted by Crippen LogP contribution is 2.07. The van der Waals surface area contributed by atoms with Gasteiger partial charge in [0.1, 0.15) is 0 Å². The summed E-state index contributed by atoms with van der Waals surface area (Å²) in [6.45, 7) is 7.53. The lowest BCUT2D eigenvalue weighted by Gasteiger charge is -2.34. The van der Waals surface area contributed by atoms with Crippen molar-refractivity contribution in [1.29, 1.82) is 0 Å². The largest absolute Gasteiger partial charge is 0.329 e. The summed E-state index contributed by atoms with van der Waals surface area (Å²) in [5.74, 6) is 0. The zero-order valence-corrected chi connectivity index (χ0v) is 13.5. The van der Waals surface area contributed by atoms with E-state index in [0.29, 0.717) is 0 Å². The highest BCUT2D eigenvalue weighted by atomic mass is 35.5. The van der Waals surface area contributed by atoms with Gasteiger partial charge < -0.3 is 5.73 Å². The molecule has 0 spiro atoms. The molecule has 0 unspecified atom stereocenters. The number of rotatable bonds is 4. The molecule has 3 nitrogen and oxygen atoms in total. The molecule has 1 aliphatic heterocycles. The first-order chi connectivity index (χ1) is 7.88. The predicted octanol–water partition coefficient (Wildman–Crippen LogP) is 2.03. The third-order valence-corrected chi connectivity index (χ3v) is 3.16. The lowest BCUT2D eigenvalue weighted by Crippen LogP contribution is -2.47. The van der Waals surface area contributed by atoms with Crippen LogP contribution >= 0.6 is 37.2 Å². The highest BCUT2D eigenvalue weighted by Gasteiger charge is 2.15. The van der Waals surface area contributed by atoms with Gasteiger partial charge in [-0.15, -0.1) is 37.2 Å². The van der Waals surface area contributed by atoms with E-state index in [0.717, 1.165) is 45.8 Å². The Kier molecular flexibility index (Phi) is 13.2. The zero-order valence-electron chi connectivity index (χ0n) is 11.0. The molecule has 0 atom stereocenters. The molecule has 112 valence electrons. The van der Waals surface area contributed by atoms with Gasteiger partial charge in [0, 0.05) is 45.8 Å². The molecule has 1 saturated heterocycles. The van der Waals surface area contributed by atoms with E-state index in [4.69, 9.17) is 5.73 Å². The predicted molar refractivity (Wildman–Crippen MR) is 89.0 cm³/mol. The van der Waals surface area contributed by atoms with Crippen molar-refractivity contribution in [3.05, 3.63) is 35.9 Å². The summed E-state index contributed by atoms with van der Waals surface area (Å²) in [6.07, 6.45) is 0. The molecule has 1 aromatic rings. The Hall–Kier alpha value is -0.0300. The van der Waals surface area contributed by atoms with E-state index in [1.807, 2.05) is 0 Å². The fourth-order valence-corrected chi connectivity index (χ4v) is 2.20. The Morgan fingerprint density at radius 3 is 1.89 bits per heavy atom. The van der Waals surface area contributed by atoms with E-state index in [1.54, 1.807) is 0 Å². The number of benzene rings is 1. The van der Waals surface area contributed by atoms with Crippen molar-refractivity contribution in [2.24, 2.45) is 5.73 Å². The van der Waals surface area contributed by atoms with Gasteiger partial charge in [0.2, 0.25) is 0 Å². The SMILES string of the molecule is Cl.Cl.Cl.NCCN1CCN(Cc2ccccc2)CC1. The molecule has 0 saturated carbocycles. The van der Waals surface area contributed by atoms with Gasteiger partial charge in [0.05, 0.1) is 0 Å². The topological polar surface area (TPSA) is 32.5 Å². The van der Waals surface area contributed by atoms with Crippen LogP contribution < -0.4 is 5.73 Å². The van der Waals surface area contributed by atoms with Crippen molar-refractivity contribution >= 4 is 37.2 Å². The molecular weight excluding hydrogens is 305 g/mol. The van der Waals surface area contributed by atoms with Crippen LogP contribution in [0.4, 0.5) is 0 Å². The normalized spacial score (nSPS) is 15.8. The molecule has 1 fully saturated rings. The molecule has 0 bridgehead atoms. The Bertz CT molecular complexity index is 303. The monoisotopic (exact) mass is 327 g/mol. The Balaban J connectivity index is 0. The molecule has 1 aliphatic rings. The van der Waals surface area contributed by atoms with Crippen molar-refractivity contribution in [2.75, 3.05) is 39.3 Å². The molecule has 0 amide bonds. The highest BCUT2D eigenvalue weighted by molar-refractivity contribution is 5.86. The molecule has 1 aromatic carbocycles. The van der Waals surface area contributed by atoms with Gasteiger partial charge in [-0.2, -0.15) is 0 Å². The van der Waals surface area contributed by atoms with Crippen molar-refractivity contribution in [3.63, 3.8) is 0 Å². The third kappa shape index (κ3) is 7.35. The molecule has 1 heterocycles. The van der Waals surface area contributed by atoms with E-state index in [1.165, 1.54) is 5.56 Å². The summed E-state index contributed by atoms with van der Waals surface area (Å²) in [5, 5.41) is 0. The second-order valence-electron chi connectivity index (χ2n) is 4.39. The maximum Gasteiger partial charge on any atom is 0.0234 e. The van der Waals surface area contributed by atoms with Crippen LogP contribution in [0, 0.1) is 0 Å². The van der Waals surface area contributed by atoms with Crippen LogP contribution in [0.2, 0.25) is 0 Å². The van der Waals surface area contributed by atoms with E-state index in [-0.39, 0.29) is 37.2 Å². The number of piperazine rings is 1. The number of nitrogens with zero attached hydrogens (tertiary/aromatic N) is 2. The number of nitrogens with two attached hydrogens (primary N) is 1. The average molecular weight is 329 g/mol. The van der Waals surface area contributed by atoms with E-state index >= 15 is 0 Å². The first kappa shape index (κ1) is 21.3. The molecular formula is C13H24Cl3N3. The van der Waals surface area contributed by atoms with Crippen LogP contribution in [0.25, 0.3) is 0 Å². The van der Waals surface area contributed by atoms with Gasteiger partial charge in [-0.3, -0.25) is 9.80 Å². The van der Waals surface area contributed by atoms with E-state index < -0.39 is 0 Å². The van der Waals surface area contributed by atoms with E-state index in [9.17, 15) is 0 Å². The summed E-state index contributed by atoms with van der Waals surface area (Å²) in [7, 11) is 0. The van der Waals surface area contributed by atoms with E-state index in [2.05, 4.69) is 40.1 Å². The number of hydrogen-bond donors (Lipinski definition) is 1. The van der Waals surface area contributed by atoms with Crippen molar-refractivity contribution in [2.45, 2.75) is 6.54 Å². The Morgan fingerprint density at radius 1 is 0.842 bits per heavy atom. The summed E-state index contributed by atoms with van der Waals surface area (Å²) in [6, 6.07) is 10.7. The first-order valence-electron chi connectivity index (χ1n) is 6.07. The minimum Gasteiger partial charge on any atom is -0.329 e. The maximum atomic E-state index is 5.56. The first-order valence-corrected chi connectivity index (χ1v) is 6.07. The minimum absolute atomic E-state index is 0. The van der Waals surface area contributed by atoms with Crippen molar-refractivity contribution in [3.8, 4) is 0 Å². The van der Waals surface area contributed by atoms with Crippen molar-refractivity contribution < 1.29 is 0 Å². The van der Waals surface area contributed by atoms with Crippen LogP contribution in [0.5, 0.6) is 0 Å². The molecule has 2 rings (SSSR count). The van der Waals surface area contributed by atoms with Gasteiger partial charge in [0.15, 0.2) is 0 Å². The average Bonchev–Trinajstić information content (AvgIpc) is 2.33. The van der Waals surface area contributed by atoms with Crippen LogP contribution in [0.3, 0.4) is 0 Å². The molecule has 0 aliphatic carbocycles. The smallest absolute Gasteiger partial charge is 0.0234 e. The standard InChI is InChI=1S/C13H21N3.3ClH/c14-6-7-15-8-10-16(11-9-15)12-13-4-2-1-3-5-13;;;/h1-5H,6-12,14H2;3*1H. The van der Waals surface area contributed by atoms with Gasteiger partial charge >= 0.3 is 0 Å². The lowest BCUT2D eigenvalue weighted by molar-refractivity contribution is 0.130. The summed E-state index contributed by atoms with van der Waals surface area (Å²) >= 11 is 0.